The van der Waals surface area contributed by atoms with Gasteiger partial charge in [0.25, 0.3) is 0 Å². The van der Waals surface area contributed by atoms with Gasteiger partial charge in [-0.3, -0.25) is 0 Å². The average molecular weight is 701 g/mol. The van der Waals surface area contributed by atoms with Crippen LogP contribution < -0.4 is 28.4 Å². The number of ether oxygens (including phenoxy) is 7. The Hall–Kier alpha value is -6.81. The lowest BCUT2D eigenvalue weighted by Crippen LogP contribution is -2.14. The highest BCUT2D eigenvalue weighted by molar-refractivity contribution is 5.93. The van der Waals surface area contributed by atoms with Crippen LogP contribution in [0, 0.1) is 0 Å². The first-order valence-electron chi connectivity index (χ1n) is 16.0. The number of carbonyl (C=O) groups is 3. The van der Waals surface area contributed by atoms with E-state index in [0.717, 1.165) is 11.1 Å². The first-order chi connectivity index (χ1) is 25.3. The molecule has 0 spiro atoms. The van der Waals surface area contributed by atoms with Gasteiger partial charge in [0.05, 0.1) is 34.0 Å². The summed E-state index contributed by atoms with van der Waals surface area (Å²) in [5.74, 6) is -0.315. The molecule has 10 nitrogen and oxygen atoms in total. The topological polar surface area (TPSA) is 116 Å². The van der Waals surface area contributed by atoms with Crippen molar-refractivity contribution in [3.63, 3.8) is 0 Å². The highest BCUT2D eigenvalue weighted by Gasteiger charge is 2.22. The third kappa shape index (κ3) is 9.66. The Morgan fingerprint density at radius 3 is 1.33 bits per heavy atom. The van der Waals surface area contributed by atoms with Crippen LogP contribution in [0.5, 0.6) is 34.5 Å². The lowest BCUT2D eigenvalue weighted by Gasteiger charge is -2.19. The van der Waals surface area contributed by atoms with Crippen LogP contribution in [0.3, 0.4) is 0 Å². The fraction of sp³-hybridized carbons (Fsp3) is 0.119. The quantitative estimate of drug-likeness (QED) is 0.0643. The molecule has 52 heavy (non-hydrogen) atoms. The summed E-state index contributed by atoms with van der Waals surface area (Å²) in [6.45, 7) is 0. The highest BCUT2D eigenvalue weighted by Crippen LogP contribution is 2.31. The molecule has 0 heterocycles. The predicted molar refractivity (Wildman–Crippen MR) is 195 cm³/mol. The minimum atomic E-state index is -0.752. The van der Waals surface area contributed by atoms with E-state index in [-0.39, 0.29) is 17.1 Å². The largest absolute Gasteiger partial charge is 0.493 e. The minimum Gasteiger partial charge on any atom is -0.493 e. The van der Waals surface area contributed by atoms with Crippen LogP contribution in [-0.2, 0) is 14.3 Å². The smallest absolute Gasteiger partial charge is 0.339 e. The van der Waals surface area contributed by atoms with Crippen LogP contribution >= 0.6 is 0 Å². The molecule has 0 saturated heterocycles. The molecule has 5 aromatic carbocycles. The van der Waals surface area contributed by atoms with Gasteiger partial charge >= 0.3 is 17.9 Å². The molecular formula is C42H36O10. The van der Waals surface area contributed by atoms with Gasteiger partial charge in [-0.15, -0.1) is 0 Å². The molecule has 0 fully saturated rings. The van der Waals surface area contributed by atoms with Gasteiger partial charge in [-0.1, -0.05) is 72.8 Å². The molecule has 5 rings (SSSR count). The Bertz CT molecular complexity index is 1930. The Morgan fingerprint density at radius 1 is 0.500 bits per heavy atom. The maximum Gasteiger partial charge on any atom is 0.339 e. The van der Waals surface area contributed by atoms with E-state index in [4.69, 9.17) is 33.2 Å². The van der Waals surface area contributed by atoms with E-state index < -0.39 is 24.0 Å². The molecule has 0 saturated carbocycles. The highest BCUT2D eigenvalue weighted by atomic mass is 16.6. The predicted octanol–water partition coefficient (Wildman–Crippen LogP) is 7.91. The van der Waals surface area contributed by atoms with E-state index in [0.29, 0.717) is 34.1 Å². The van der Waals surface area contributed by atoms with E-state index in [2.05, 4.69) is 0 Å². The molecule has 10 heteroatoms. The Morgan fingerprint density at radius 2 is 0.923 bits per heavy atom. The number of carbonyl (C=O) groups excluding carboxylic acids is 3. The zero-order valence-corrected chi connectivity index (χ0v) is 28.9. The van der Waals surface area contributed by atoms with Crippen molar-refractivity contribution in [1.82, 2.24) is 0 Å². The molecule has 0 aromatic heterocycles. The number of methoxy groups -OCH3 is 4. The fourth-order valence-corrected chi connectivity index (χ4v) is 5.11. The van der Waals surface area contributed by atoms with Gasteiger partial charge in [-0.2, -0.15) is 0 Å². The number of hydrogen-bond donors (Lipinski definition) is 0. The first kappa shape index (κ1) is 36.5. The third-order valence-corrected chi connectivity index (χ3v) is 7.62. The summed E-state index contributed by atoms with van der Waals surface area (Å²) in [5, 5.41) is 0. The Kier molecular flexibility index (Phi) is 12.4. The lowest BCUT2D eigenvalue weighted by molar-refractivity contribution is -0.129. The minimum absolute atomic E-state index is 0.0160. The molecule has 0 aliphatic rings. The van der Waals surface area contributed by atoms with E-state index in [1.807, 2.05) is 60.7 Å². The van der Waals surface area contributed by atoms with Crippen molar-refractivity contribution in [2.75, 3.05) is 28.4 Å². The molecule has 0 amide bonds. The standard InChI is InChI=1S/C42H36O10/c1-46-35-19-15-28(23-37(35)48-3)17-21-39(43)50-33-25-32(42(45)52-41(30-11-7-5-8-12-30)31-13-9-6-10-14-31)26-34(27-33)51-40(44)22-18-29-16-20-36(47-2)38(24-29)49-4/h5-27,41H,1-4H3/b21-17+,22-18+. The van der Waals surface area contributed by atoms with Gasteiger partial charge in [-0.25, -0.2) is 14.4 Å². The molecule has 0 aliphatic heterocycles. The number of hydrogen-bond acceptors (Lipinski definition) is 10. The van der Waals surface area contributed by atoms with Crippen molar-refractivity contribution >= 4 is 30.1 Å². The van der Waals surface area contributed by atoms with Gasteiger partial charge in [0.1, 0.15) is 11.5 Å². The van der Waals surface area contributed by atoms with Crippen LogP contribution in [0.4, 0.5) is 0 Å². The molecular weight excluding hydrogens is 664 g/mol. The summed E-state index contributed by atoms with van der Waals surface area (Å²) in [5.41, 5.74) is 2.78. The maximum absolute atomic E-state index is 13.7. The molecule has 0 bridgehead atoms. The van der Waals surface area contributed by atoms with Crippen molar-refractivity contribution < 1.29 is 47.5 Å². The summed E-state index contributed by atoms with van der Waals surface area (Å²) < 4.78 is 38.4. The molecule has 0 N–H and O–H groups in total. The molecule has 264 valence electrons. The second-order valence-electron chi connectivity index (χ2n) is 11.0. The zero-order valence-electron chi connectivity index (χ0n) is 28.9. The van der Waals surface area contributed by atoms with Gasteiger partial charge < -0.3 is 33.2 Å². The maximum atomic E-state index is 13.7. The summed E-state index contributed by atoms with van der Waals surface area (Å²) in [6.07, 6.45) is 4.75. The number of rotatable bonds is 14. The van der Waals surface area contributed by atoms with E-state index >= 15 is 0 Å². The molecule has 0 unspecified atom stereocenters. The Labute approximate surface area is 301 Å². The van der Waals surface area contributed by atoms with Gasteiger partial charge in [0, 0.05) is 18.2 Å². The van der Waals surface area contributed by atoms with Crippen molar-refractivity contribution in [2.24, 2.45) is 0 Å². The fourth-order valence-electron chi connectivity index (χ4n) is 5.11. The van der Waals surface area contributed by atoms with Gasteiger partial charge in [-0.05, 0) is 70.8 Å². The number of benzene rings is 5. The van der Waals surface area contributed by atoms with E-state index in [1.165, 1.54) is 70.9 Å². The first-order valence-corrected chi connectivity index (χ1v) is 16.0. The van der Waals surface area contributed by atoms with Crippen LogP contribution in [0.15, 0.2) is 127 Å². The van der Waals surface area contributed by atoms with Crippen LogP contribution in [0.25, 0.3) is 12.2 Å². The number of esters is 3. The van der Waals surface area contributed by atoms with Crippen LogP contribution in [0.2, 0.25) is 0 Å². The second kappa shape index (κ2) is 17.7. The summed E-state index contributed by atoms with van der Waals surface area (Å²) >= 11 is 0. The summed E-state index contributed by atoms with van der Waals surface area (Å²) in [6, 6.07) is 32.8. The van der Waals surface area contributed by atoms with E-state index in [1.54, 1.807) is 36.4 Å². The van der Waals surface area contributed by atoms with Crippen molar-refractivity contribution in [3.8, 4) is 34.5 Å². The molecule has 0 aliphatic carbocycles. The Balaban J connectivity index is 1.41. The average Bonchev–Trinajstić information content (AvgIpc) is 3.18. The summed E-state index contributed by atoms with van der Waals surface area (Å²) in [7, 11) is 6.07. The van der Waals surface area contributed by atoms with Crippen LogP contribution in [-0.4, -0.2) is 46.3 Å². The summed E-state index contributed by atoms with van der Waals surface area (Å²) in [4.78, 5) is 39.7. The molecule has 5 aromatic rings. The SMILES string of the molecule is COc1ccc(/C=C/C(=O)Oc2cc(OC(=O)/C=C/c3ccc(OC)c(OC)c3)cc(C(=O)OC(c3ccccc3)c3ccccc3)c2)cc1OC. The van der Waals surface area contributed by atoms with Crippen molar-refractivity contribution in [3.05, 3.63) is 155 Å². The second-order valence-corrected chi connectivity index (χ2v) is 11.0. The van der Waals surface area contributed by atoms with Crippen LogP contribution in [0.1, 0.15) is 38.7 Å². The van der Waals surface area contributed by atoms with E-state index in [9.17, 15) is 14.4 Å². The third-order valence-electron chi connectivity index (χ3n) is 7.62. The van der Waals surface area contributed by atoms with Gasteiger partial charge in [0.2, 0.25) is 0 Å². The molecule has 0 radical (unpaired) electrons. The normalized spacial score (nSPS) is 10.9. The van der Waals surface area contributed by atoms with Crippen molar-refractivity contribution in [2.45, 2.75) is 6.10 Å². The zero-order chi connectivity index (χ0) is 36.9. The molecule has 0 atom stereocenters. The monoisotopic (exact) mass is 700 g/mol. The lowest BCUT2D eigenvalue weighted by atomic mass is 10.0. The van der Waals surface area contributed by atoms with Gasteiger partial charge in [0.15, 0.2) is 29.1 Å². The van der Waals surface area contributed by atoms with Crippen molar-refractivity contribution in [1.29, 1.82) is 0 Å².